The second kappa shape index (κ2) is 4.22. The molecule has 0 radical (unpaired) electrons. The molecule has 0 spiro atoms. The van der Waals surface area contributed by atoms with E-state index in [1.807, 2.05) is 0 Å². The monoisotopic (exact) mass is 264 g/mol. The van der Waals surface area contributed by atoms with Gasteiger partial charge in [-0.05, 0) is 17.7 Å². The van der Waals surface area contributed by atoms with Crippen molar-refractivity contribution in [1.82, 2.24) is 0 Å². The fourth-order valence-corrected chi connectivity index (χ4v) is 2.19. The molecular formula is C12H3Cl2FN2. The Morgan fingerprint density at radius 3 is 2.29 bits per heavy atom. The van der Waals surface area contributed by atoms with Crippen molar-refractivity contribution in [3.63, 3.8) is 0 Å². The van der Waals surface area contributed by atoms with E-state index < -0.39 is 5.82 Å². The maximum atomic E-state index is 13.1. The second-order valence-electron chi connectivity index (χ2n) is 3.29. The molecule has 0 aromatic heterocycles. The molecule has 0 atom stereocenters. The minimum Gasteiger partial charge on any atom is -0.207 e. The molecule has 0 bridgehead atoms. The van der Waals surface area contributed by atoms with Crippen LogP contribution in [0.2, 0.25) is 0 Å². The predicted molar refractivity (Wildman–Crippen MR) is 63.2 cm³/mol. The molecule has 17 heavy (non-hydrogen) atoms. The summed E-state index contributed by atoms with van der Waals surface area (Å²) in [5, 5.41) is 17.9. The smallest absolute Gasteiger partial charge is 0.139 e. The summed E-state index contributed by atoms with van der Waals surface area (Å²) in [4.78, 5) is 0. The van der Waals surface area contributed by atoms with Gasteiger partial charge in [0, 0.05) is 11.1 Å². The van der Waals surface area contributed by atoms with E-state index in [0.29, 0.717) is 11.1 Å². The molecule has 0 N–H and O–H groups in total. The molecule has 0 unspecified atom stereocenters. The molecule has 1 aromatic rings. The highest BCUT2D eigenvalue weighted by Gasteiger charge is 2.27. The molecule has 1 aliphatic carbocycles. The predicted octanol–water partition coefficient (Wildman–Crippen LogP) is 3.79. The first-order valence-corrected chi connectivity index (χ1v) is 5.26. The lowest BCUT2D eigenvalue weighted by Crippen LogP contribution is -1.88. The number of allylic oxidation sites excluding steroid dienone is 3. The molecule has 82 valence electrons. The molecule has 0 saturated heterocycles. The van der Waals surface area contributed by atoms with Crippen molar-refractivity contribution >= 4 is 33.8 Å². The molecule has 2 rings (SSSR count). The fraction of sp³-hybridized carbons (Fsp3) is 0. The van der Waals surface area contributed by atoms with E-state index >= 15 is 0 Å². The van der Waals surface area contributed by atoms with Crippen LogP contribution in [-0.2, 0) is 0 Å². The van der Waals surface area contributed by atoms with Crippen LogP contribution in [-0.4, -0.2) is 0 Å². The van der Waals surface area contributed by atoms with Gasteiger partial charge in [-0.25, -0.2) is 4.39 Å². The molecule has 0 heterocycles. The summed E-state index contributed by atoms with van der Waals surface area (Å²) >= 11 is 11.9. The molecular weight excluding hydrogens is 262 g/mol. The van der Waals surface area contributed by atoms with Gasteiger partial charge in [0.05, 0.1) is 10.1 Å². The van der Waals surface area contributed by atoms with E-state index in [-0.39, 0.29) is 21.2 Å². The highest BCUT2D eigenvalue weighted by Crippen LogP contribution is 2.46. The van der Waals surface area contributed by atoms with Gasteiger partial charge < -0.3 is 0 Å². The molecule has 0 aliphatic heterocycles. The summed E-state index contributed by atoms with van der Waals surface area (Å²) in [7, 11) is 0. The lowest BCUT2D eigenvalue weighted by molar-refractivity contribution is 0.627. The number of nitriles is 2. The van der Waals surface area contributed by atoms with E-state index in [1.165, 1.54) is 18.2 Å². The van der Waals surface area contributed by atoms with Crippen LogP contribution in [0.5, 0.6) is 0 Å². The Hall–Kier alpha value is -1.81. The summed E-state index contributed by atoms with van der Waals surface area (Å²) in [6.45, 7) is 0. The van der Waals surface area contributed by atoms with Crippen LogP contribution in [0, 0.1) is 28.5 Å². The van der Waals surface area contributed by atoms with Crippen molar-refractivity contribution in [1.29, 1.82) is 10.5 Å². The first kappa shape index (κ1) is 11.7. The van der Waals surface area contributed by atoms with Crippen LogP contribution in [0.15, 0.2) is 28.8 Å². The highest BCUT2D eigenvalue weighted by molar-refractivity contribution is 6.59. The number of benzene rings is 1. The van der Waals surface area contributed by atoms with Crippen molar-refractivity contribution in [2.75, 3.05) is 0 Å². The molecule has 1 aliphatic rings. The quantitative estimate of drug-likeness (QED) is 0.670. The Morgan fingerprint density at radius 2 is 1.71 bits per heavy atom. The number of hydrogen-bond acceptors (Lipinski definition) is 2. The largest absolute Gasteiger partial charge is 0.207 e. The molecule has 1 aromatic carbocycles. The minimum atomic E-state index is -0.455. The summed E-state index contributed by atoms with van der Waals surface area (Å²) in [5.74, 6) is -0.455. The van der Waals surface area contributed by atoms with Crippen molar-refractivity contribution < 1.29 is 4.39 Å². The molecule has 0 fully saturated rings. The zero-order chi connectivity index (χ0) is 12.6. The maximum absolute atomic E-state index is 13.1. The summed E-state index contributed by atoms with van der Waals surface area (Å²) in [6, 6.07) is 7.39. The molecule has 2 nitrogen and oxygen atoms in total. The van der Waals surface area contributed by atoms with Crippen LogP contribution in [0.4, 0.5) is 4.39 Å². The first-order chi connectivity index (χ1) is 8.10. The van der Waals surface area contributed by atoms with Gasteiger partial charge in [-0.3, -0.25) is 0 Å². The maximum Gasteiger partial charge on any atom is 0.139 e. The van der Waals surface area contributed by atoms with Crippen molar-refractivity contribution in [3.05, 3.63) is 45.7 Å². The average Bonchev–Trinajstić information content (AvgIpc) is 2.56. The standard InChI is InChI=1S/C12H3Cl2FN2/c13-11-9-3-7(15)1-2-8(9)10(12(11)14)6(4-16)5-17/h1-3H. The number of nitrogens with zero attached hydrogens (tertiary/aromatic N) is 2. The number of halogens is 3. The van der Waals surface area contributed by atoms with Crippen molar-refractivity contribution in [2.45, 2.75) is 0 Å². The molecule has 5 heteroatoms. The van der Waals surface area contributed by atoms with Gasteiger partial charge in [-0.1, -0.05) is 29.3 Å². The Kier molecular flexibility index (Phi) is 2.90. The van der Waals surface area contributed by atoms with E-state index in [2.05, 4.69) is 0 Å². The van der Waals surface area contributed by atoms with Gasteiger partial charge in [0.1, 0.15) is 23.5 Å². The van der Waals surface area contributed by atoms with Crippen molar-refractivity contribution in [3.8, 4) is 12.1 Å². The van der Waals surface area contributed by atoms with Crippen LogP contribution in [0.3, 0.4) is 0 Å². The zero-order valence-electron chi connectivity index (χ0n) is 8.26. The third-order valence-corrected chi connectivity index (χ3v) is 3.24. The Balaban J connectivity index is 2.84. The highest BCUT2D eigenvalue weighted by atomic mass is 35.5. The third-order valence-electron chi connectivity index (χ3n) is 2.37. The van der Waals surface area contributed by atoms with Gasteiger partial charge in [-0.2, -0.15) is 10.5 Å². The van der Waals surface area contributed by atoms with E-state index in [4.69, 9.17) is 33.7 Å². The third kappa shape index (κ3) is 1.70. The van der Waals surface area contributed by atoms with Crippen LogP contribution >= 0.6 is 23.2 Å². The lowest BCUT2D eigenvalue weighted by atomic mass is 10.0. The van der Waals surface area contributed by atoms with Gasteiger partial charge in [-0.15, -0.1) is 0 Å². The van der Waals surface area contributed by atoms with Gasteiger partial charge >= 0.3 is 0 Å². The fourth-order valence-electron chi connectivity index (χ4n) is 1.64. The summed E-state index contributed by atoms with van der Waals surface area (Å²) in [6.07, 6.45) is 0. The summed E-state index contributed by atoms with van der Waals surface area (Å²) in [5.41, 5.74) is 1.02. The minimum absolute atomic E-state index is 0.102. The average molecular weight is 265 g/mol. The Morgan fingerprint density at radius 1 is 1.06 bits per heavy atom. The zero-order valence-corrected chi connectivity index (χ0v) is 9.77. The topological polar surface area (TPSA) is 47.6 Å². The van der Waals surface area contributed by atoms with Gasteiger partial charge in [0.2, 0.25) is 0 Å². The molecule has 0 saturated carbocycles. The first-order valence-electron chi connectivity index (χ1n) is 4.50. The number of hydrogen-bond donors (Lipinski definition) is 0. The summed E-state index contributed by atoms with van der Waals surface area (Å²) < 4.78 is 13.1. The van der Waals surface area contributed by atoms with E-state index in [1.54, 1.807) is 12.1 Å². The van der Waals surface area contributed by atoms with Gasteiger partial charge in [0.15, 0.2) is 0 Å². The number of rotatable bonds is 0. The normalized spacial score (nSPS) is 13.1. The Labute approximate surface area is 107 Å². The van der Waals surface area contributed by atoms with E-state index in [9.17, 15) is 4.39 Å². The molecule has 0 amide bonds. The Bertz CT molecular complexity index is 644. The van der Waals surface area contributed by atoms with Gasteiger partial charge in [0.25, 0.3) is 0 Å². The van der Waals surface area contributed by atoms with Crippen LogP contribution < -0.4 is 0 Å². The second-order valence-corrected chi connectivity index (χ2v) is 4.05. The SMILES string of the molecule is N#CC(C#N)=C1C(Cl)=C(Cl)c2cc(F)ccc21. The van der Waals surface area contributed by atoms with E-state index in [0.717, 1.165) is 0 Å². The van der Waals surface area contributed by atoms with Crippen LogP contribution in [0.1, 0.15) is 11.1 Å². The lowest BCUT2D eigenvalue weighted by Gasteiger charge is -2.01. The number of fused-ring (bicyclic) bond motifs is 1. The van der Waals surface area contributed by atoms with Crippen LogP contribution in [0.25, 0.3) is 10.6 Å². The van der Waals surface area contributed by atoms with Crippen molar-refractivity contribution in [2.24, 2.45) is 0 Å².